The van der Waals surface area contributed by atoms with Gasteiger partial charge in [0.15, 0.2) is 0 Å². The first kappa shape index (κ1) is 13.6. The van der Waals surface area contributed by atoms with Gasteiger partial charge in [-0.15, -0.1) is 0 Å². The number of benzene rings is 1. The summed E-state index contributed by atoms with van der Waals surface area (Å²) in [5.74, 6) is -0.432. The maximum atomic E-state index is 12.2. The molecule has 1 aromatic rings. The first-order valence-electron chi connectivity index (χ1n) is 5.00. The summed E-state index contributed by atoms with van der Waals surface area (Å²) >= 11 is 0. The molecular weight excluding hydrogens is 235 g/mol. The largest absolute Gasteiger partial charge is 0.507 e. The van der Waals surface area contributed by atoms with Crippen molar-refractivity contribution in [1.29, 1.82) is 0 Å². The SMILES string of the molecule is CC(c1c(O)cccc1O)N(C)CC(F)(F)F. The lowest BCUT2D eigenvalue weighted by atomic mass is 10.0. The Balaban J connectivity index is 2.93. The first-order chi connectivity index (χ1) is 7.72. The molecule has 3 nitrogen and oxygen atoms in total. The van der Waals surface area contributed by atoms with Crippen molar-refractivity contribution < 1.29 is 23.4 Å². The second kappa shape index (κ2) is 4.83. The van der Waals surface area contributed by atoms with E-state index < -0.39 is 18.8 Å². The minimum Gasteiger partial charge on any atom is -0.507 e. The van der Waals surface area contributed by atoms with Gasteiger partial charge in [0.2, 0.25) is 0 Å². The van der Waals surface area contributed by atoms with Crippen molar-refractivity contribution >= 4 is 0 Å². The van der Waals surface area contributed by atoms with Crippen LogP contribution in [0.25, 0.3) is 0 Å². The average molecular weight is 249 g/mol. The maximum absolute atomic E-state index is 12.2. The average Bonchev–Trinajstić information content (AvgIpc) is 2.14. The molecule has 0 aliphatic carbocycles. The van der Waals surface area contributed by atoms with Crippen LogP contribution in [-0.4, -0.2) is 34.9 Å². The summed E-state index contributed by atoms with van der Waals surface area (Å²) in [7, 11) is 1.28. The molecule has 1 rings (SSSR count). The topological polar surface area (TPSA) is 43.7 Å². The summed E-state index contributed by atoms with van der Waals surface area (Å²) in [4.78, 5) is 1.01. The molecule has 1 atom stereocenters. The number of phenols is 2. The van der Waals surface area contributed by atoms with Gasteiger partial charge in [0.1, 0.15) is 11.5 Å². The van der Waals surface area contributed by atoms with Crippen molar-refractivity contribution in [3.8, 4) is 11.5 Å². The molecule has 2 N–H and O–H groups in total. The summed E-state index contributed by atoms with van der Waals surface area (Å²) < 4.78 is 36.6. The normalized spacial score (nSPS) is 14.0. The number of aromatic hydroxyl groups is 2. The van der Waals surface area contributed by atoms with Gasteiger partial charge in [0.25, 0.3) is 0 Å². The predicted molar refractivity (Wildman–Crippen MR) is 56.9 cm³/mol. The highest BCUT2D eigenvalue weighted by atomic mass is 19.4. The van der Waals surface area contributed by atoms with Crippen LogP contribution in [0, 0.1) is 0 Å². The molecule has 0 bridgehead atoms. The van der Waals surface area contributed by atoms with Crippen LogP contribution in [0.1, 0.15) is 18.5 Å². The third kappa shape index (κ3) is 3.52. The molecule has 0 saturated carbocycles. The fourth-order valence-electron chi connectivity index (χ4n) is 1.61. The van der Waals surface area contributed by atoms with Crippen molar-refractivity contribution in [3.05, 3.63) is 23.8 Å². The second-order valence-corrected chi connectivity index (χ2v) is 3.92. The minimum absolute atomic E-state index is 0.0965. The molecule has 0 aliphatic rings. The molecule has 0 radical (unpaired) electrons. The zero-order valence-corrected chi connectivity index (χ0v) is 9.49. The van der Waals surface area contributed by atoms with E-state index in [0.717, 1.165) is 4.90 Å². The maximum Gasteiger partial charge on any atom is 0.401 e. The smallest absolute Gasteiger partial charge is 0.401 e. The number of nitrogens with zero attached hydrogens (tertiary/aromatic N) is 1. The van der Waals surface area contributed by atoms with Gasteiger partial charge in [-0.05, 0) is 26.1 Å². The molecule has 0 spiro atoms. The molecule has 0 aromatic heterocycles. The van der Waals surface area contributed by atoms with Gasteiger partial charge >= 0.3 is 6.18 Å². The van der Waals surface area contributed by atoms with E-state index >= 15 is 0 Å². The monoisotopic (exact) mass is 249 g/mol. The number of rotatable bonds is 3. The lowest BCUT2D eigenvalue weighted by Gasteiger charge is -2.26. The summed E-state index contributed by atoms with van der Waals surface area (Å²) in [6, 6.07) is 3.34. The summed E-state index contributed by atoms with van der Waals surface area (Å²) in [5, 5.41) is 19.1. The quantitative estimate of drug-likeness (QED) is 0.865. The summed E-state index contributed by atoms with van der Waals surface area (Å²) in [6.45, 7) is 0.377. The molecule has 1 unspecified atom stereocenters. The van der Waals surface area contributed by atoms with Gasteiger partial charge in [0.05, 0.1) is 12.1 Å². The fourth-order valence-corrected chi connectivity index (χ4v) is 1.61. The molecule has 17 heavy (non-hydrogen) atoms. The molecule has 0 heterocycles. The van der Waals surface area contributed by atoms with E-state index in [-0.39, 0.29) is 17.1 Å². The number of alkyl halides is 3. The Labute approximate surface area is 97.1 Å². The Kier molecular flexibility index (Phi) is 3.87. The highest BCUT2D eigenvalue weighted by Crippen LogP contribution is 2.35. The second-order valence-electron chi connectivity index (χ2n) is 3.92. The minimum atomic E-state index is -4.32. The molecule has 1 aromatic carbocycles. The zero-order valence-electron chi connectivity index (χ0n) is 9.49. The van der Waals surface area contributed by atoms with Crippen LogP contribution in [0.4, 0.5) is 13.2 Å². The van der Waals surface area contributed by atoms with Crippen molar-refractivity contribution in [3.63, 3.8) is 0 Å². The number of phenolic OH excluding ortho intramolecular Hbond substituents is 2. The highest BCUT2D eigenvalue weighted by molar-refractivity contribution is 5.44. The molecule has 0 saturated heterocycles. The summed E-state index contributed by atoms with van der Waals surface area (Å²) in [6.07, 6.45) is -4.32. The van der Waals surface area contributed by atoms with E-state index in [1.165, 1.54) is 32.2 Å². The molecular formula is C11H14F3NO2. The Bertz CT molecular complexity index is 373. The van der Waals surface area contributed by atoms with E-state index in [9.17, 15) is 23.4 Å². The third-order valence-electron chi connectivity index (χ3n) is 2.57. The van der Waals surface area contributed by atoms with Crippen molar-refractivity contribution in [1.82, 2.24) is 4.90 Å². The molecule has 6 heteroatoms. The van der Waals surface area contributed by atoms with Crippen LogP contribution in [0.5, 0.6) is 11.5 Å². The van der Waals surface area contributed by atoms with E-state index in [2.05, 4.69) is 0 Å². The standard InChI is InChI=1S/C11H14F3NO2/c1-7(15(2)6-11(12,13)14)10-8(16)4-3-5-9(10)17/h3-5,7,16-17H,6H2,1-2H3. The van der Waals surface area contributed by atoms with Gasteiger partial charge in [-0.2, -0.15) is 13.2 Å². The van der Waals surface area contributed by atoms with E-state index in [1.807, 2.05) is 0 Å². The van der Waals surface area contributed by atoms with E-state index in [1.54, 1.807) is 0 Å². The van der Waals surface area contributed by atoms with Gasteiger partial charge in [-0.25, -0.2) is 0 Å². The number of hydrogen-bond acceptors (Lipinski definition) is 3. The van der Waals surface area contributed by atoms with Crippen molar-refractivity contribution in [2.24, 2.45) is 0 Å². The zero-order chi connectivity index (χ0) is 13.2. The third-order valence-corrected chi connectivity index (χ3v) is 2.57. The van der Waals surface area contributed by atoms with Crippen LogP contribution in [0.15, 0.2) is 18.2 Å². The molecule has 0 aliphatic heterocycles. The Hall–Kier alpha value is -1.43. The van der Waals surface area contributed by atoms with Crippen LogP contribution in [0.3, 0.4) is 0 Å². The fraction of sp³-hybridized carbons (Fsp3) is 0.455. The van der Waals surface area contributed by atoms with Crippen LogP contribution < -0.4 is 0 Å². The van der Waals surface area contributed by atoms with Gasteiger partial charge in [0, 0.05) is 6.04 Å². The predicted octanol–water partition coefficient (Wildman–Crippen LogP) is 2.65. The lowest BCUT2D eigenvalue weighted by Crippen LogP contribution is -2.33. The van der Waals surface area contributed by atoms with E-state index in [0.29, 0.717) is 0 Å². The van der Waals surface area contributed by atoms with Crippen molar-refractivity contribution in [2.45, 2.75) is 19.1 Å². The summed E-state index contributed by atoms with van der Waals surface area (Å²) in [5.41, 5.74) is 0.0965. The molecule has 0 amide bonds. The van der Waals surface area contributed by atoms with Crippen LogP contribution in [-0.2, 0) is 0 Å². The van der Waals surface area contributed by atoms with Crippen molar-refractivity contribution in [2.75, 3.05) is 13.6 Å². The lowest BCUT2D eigenvalue weighted by molar-refractivity contribution is -0.147. The van der Waals surface area contributed by atoms with E-state index in [4.69, 9.17) is 0 Å². The molecule has 96 valence electrons. The van der Waals surface area contributed by atoms with Gasteiger partial charge in [-0.1, -0.05) is 6.07 Å². The Morgan fingerprint density at radius 2 is 1.71 bits per heavy atom. The van der Waals surface area contributed by atoms with Crippen LogP contribution in [0.2, 0.25) is 0 Å². The first-order valence-corrected chi connectivity index (χ1v) is 5.00. The van der Waals surface area contributed by atoms with Crippen LogP contribution >= 0.6 is 0 Å². The van der Waals surface area contributed by atoms with Gasteiger partial charge < -0.3 is 10.2 Å². The van der Waals surface area contributed by atoms with Gasteiger partial charge in [-0.3, -0.25) is 4.90 Å². The number of halogens is 3. The highest BCUT2D eigenvalue weighted by Gasteiger charge is 2.32. The molecule has 0 fully saturated rings. The number of hydrogen-bond donors (Lipinski definition) is 2. The Morgan fingerprint density at radius 1 is 1.24 bits per heavy atom. The Morgan fingerprint density at radius 3 is 2.12 bits per heavy atom.